The molecule has 2 N–H and O–H groups in total. The summed E-state index contributed by atoms with van der Waals surface area (Å²) in [5, 5.41) is 11.8. The van der Waals surface area contributed by atoms with E-state index >= 15 is 0 Å². The second-order valence-corrected chi connectivity index (χ2v) is 7.70. The molecule has 1 heterocycles. The van der Waals surface area contributed by atoms with E-state index < -0.39 is 4.92 Å². The Kier molecular flexibility index (Phi) is 7.49. The van der Waals surface area contributed by atoms with Crippen LogP contribution in [0.3, 0.4) is 0 Å². The molecule has 0 aliphatic carbocycles. The number of non-ortho nitro benzene ring substituents is 1. The summed E-state index contributed by atoms with van der Waals surface area (Å²) in [6.45, 7) is 1.08. The van der Waals surface area contributed by atoms with Gasteiger partial charge in [0.2, 0.25) is 0 Å². The minimum Gasteiger partial charge on any atom is -0.337 e. The Hall–Kier alpha value is -1.80. The van der Waals surface area contributed by atoms with Crippen molar-refractivity contribution in [1.29, 1.82) is 0 Å². The number of rotatable bonds is 4. The highest BCUT2D eigenvalue weighted by atomic mass is 35.5. The molecule has 1 unspecified atom stereocenters. The third kappa shape index (κ3) is 5.35. The summed E-state index contributed by atoms with van der Waals surface area (Å²) in [6, 6.07) is 11.5. The van der Waals surface area contributed by atoms with Crippen molar-refractivity contribution < 1.29 is 9.72 Å². The number of nitrogens with zero attached hydrogens (tertiary/aromatic N) is 2. The molecule has 1 aliphatic rings. The van der Waals surface area contributed by atoms with Gasteiger partial charge in [-0.05, 0) is 43.2 Å². The molecule has 9 heteroatoms. The van der Waals surface area contributed by atoms with Gasteiger partial charge in [0.1, 0.15) is 0 Å². The molecule has 0 spiro atoms. The lowest BCUT2D eigenvalue weighted by atomic mass is 10.1. The van der Waals surface area contributed by atoms with Gasteiger partial charge in [0.05, 0.1) is 10.5 Å². The molecule has 2 aromatic carbocycles. The predicted molar refractivity (Wildman–Crippen MR) is 109 cm³/mol. The molecule has 6 nitrogen and oxygen atoms in total. The number of nitro groups is 1. The average Bonchev–Trinajstić information content (AvgIpc) is 2.63. The minimum absolute atomic E-state index is 0. The summed E-state index contributed by atoms with van der Waals surface area (Å²) >= 11 is 7.29. The van der Waals surface area contributed by atoms with Crippen molar-refractivity contribution in [2.24, 2.45) is 5.73 Å². The first-order valence-electron chi connectivity index (χ1n) is 8.21. The zero-order valence-electron chi connectivity index (χ0n) is 14.3. The number of hydrogen-bond donors (Lipinski definition) is 1. The fourth-order valence-corrected chi connectivity index (χ4v) is 3.93. The number of likely N-dealkylation sites (tertiary alicyclic amines) is 1. The molecule has 0 aromatic heterocycles. The number of piperidine rings is 1. The molecule has 3 rings (SSSR count). The van der Waals surface area contributed by atoms with Crippen LogP contribution in [-0.4, -0.2) is 34.9 Å². The van der Waals surface area contributed by atoms with Crippen molar-refractivity contribution in [1.82, 2.24) is 4.90 Å². The number of amides is 1. The Morgan fingerprint density at radius 3 is 2.59 bits per heavy atom. The predicted octanol–water partition coefficient (Wildman–Crippen LogP) is 4.38. The molecule has 1 atom stereocenters. The maximum atomic E-state index is 13.0. The lowest BCUT2D eigenvalue weighted by Gasteiger charge is -2.31. The van der Waals surface area contributed by atoms with E-state index in [-0.39, 0.29) is 30.0 Å². The summed E-state index contributed by atoms with van der Waals surface area (Å²) in [5.74, 6) is -0.222. The fraction of sp³-hybridized carbons (Fsp3) is 0.278. The second kappa shape index (κ2) is 9.41. The molecular formula is C18H19Cl2N3O3S. The molecule has 2 aromatic rings. The number of halogens is 2. The van der Waals surface area contributed by atoms with Crippen LogP contribution in [0.25, 0.3) is 0 Å². The smallest absolute Gasteiger partial charge is 0.270 e. The van der Waals surface area contributed by atoms with Crippen LogP contribution >= 0.6 is 35.8 Å². The normalized spacial score (nSPS) is 16.5. The number of carbonyl (C=O) groups is 1. The highest BCUT2D eigenvalue weighted by molar-refractivity contribution is 7.99. The van der Waals surface area contributed by atoms with Gasteiger partial charge in [-0.1, -0.05) is 23.4 Å². The van der Waals surface area contributed by atoms with E-state index in [1.54, 1.807) is 23.1 Å². The lowest BCUT2D eigenvalue weighted by Crippen LogP contribution is -2.45. The van der Waals surface area contributed by atoms with Crippen LogP contribution in [0.1, 0.15) is 23.2 Å². The van der Waals surface area contributed by atoms with Crippen LogP contribution in [0.5, 0.6) is 0 Å². The van der Waals surface area contributed by atoms with Gasteiger partial charge in [-0.25, -0.2) is 0 Å². The molecule has 1 saturated heterocycles. The Labute approximate surface area is 172 Å². The first kappa shape index (κ1) is 21.5. The maximum absolute atomic E-state index is 13.0. The largest absolute Gasteiger partial charge is 0.337 e. The molecular weight excluding hydrogens is 409 g/mol. The van der Waals surface area contributed by atoms with Gasteiger partial charge >= 0.3 is 0 Å². The van der Waals surface area contributed by atoms with Crippen molar-refractivity contribution >= 4 is 47.4 Å². The third-order valence-corrected chi connectivity index (χ3v) is 5.53. The Balaban J connectivity index is 0.00000261. The molecule has 0 bridgehead atoms. The van der Waals surface area contributed by atoms with E-state index in [9.17, 15) is 14.9 Å². The summed E-state index contributed by atoms with van der Waals surface area (Å²) in [7, 11) is 0. The third-order valence-electron chi connectivity index (χ3n) is 4.19. The van der Waals surface area contributed by atoms with Crippen LogP contribution < -0.4 is 5.73 Å². The maximum Gasteiger partial charge on any atom is 0.270 e. The van der Waals surface area contributed by atoms with Crippen LogP contribution in [0.2, 0.25) is 5.02 Å². The molecule has 0 saturated carbocycles. The van der Waals surface area contributed by atoms with Crippen molar-refractivity contribution in [3.05, 3.63) is 63.2 Å². The van der Waals surface area contributed by atoms with E-state index in [1.165, 1.54) is 23.9 Å². The van der Waals surface area contributed by atoms with Crippen molar-refractivity contribution in [3.8, 4) is 0 Å². The van der Waals surface area contributed by atoms with Gasteiger partial charge < -0.3 is 10.6 Å². The van der Waals surface area contributed by atoms with E-state index in [0.717, 1.165) is 17.7 Å². The number of nitrogens with two attached hydrogens (primary N) is 1. The zero-order valence-corrected chi connectivity index (χ0v) is 16.7. The van der Waals surface area contributed by atoms with Crippen LogP contribution in [0, 0.1) is 10.1 Å². The average molecular weight is 428 g/mol. The number of carbonyl (C=O) groups excluding carboxylic acids is 1. The van der Waals surface area contributed by atoms with E-state index in [1.807, 2.05) is 12.1 Å². The van der Waals surface area contributed by atoms with Crippen molar-refractivity contribution in [2.45, 2.75) is 28.7 Å². The van der Waals surface area contributed by atoms with Crippen LogP contribution in [0.15, 0.2) is 52.3 Å². The van der Waals surface area contributed by atoms with Gasteiger partial charge in [0.25, 0.3) is 11.6 Å². The topological polar surface area (TPSA) is 89.5 Å². The molecule has 1 amide bonds. The van der Waals surface area contributed by atoms with E-state index in [4.69, 9.17) is 17.3 Å². The standard InChI is InChI=1S/C18H18ClN3O3S.ClH/c19-12-3-6-15(7-4-12)26-17-8-5-14(22(24)25)10-16(17)18(23)21-9-1-2-13(20)11-21;/h3-8,10,13H,1-2,9,11,20H2;1H. The summed E-state index contributed by atoms with van der Waals surface area (Å²) < 4.78 is 0. The highest BCUT2D eigenvalue weighted by Gasteiger charge is 2.26. The van der Waals surface area contributed by atoms with E-state index in [2.05, 4.69) is 0 Å². The fourth-order valence-electron chi connectivity index (χ4n) is 2.88. The molecule has 1 aliphatic heterocycles. The first-order chi connectivity index (χ1) is 12.4. The Morgan fingerprint density at radius 2 is 1.96 bits per heavy atom. The molecule has 1 fully saturated rings. The first-order valence-corrected chi connectivity index (χ1v) is 9.40. The Morgan fingerprint density at radius 1 is 1.26 bits per heavy atom. The quantitative estimate of drug-likeness (QED) is 0.577. The second-order valence-electron chi connectivity index (χ2n) is 6.15. The van der Waals surface area contributed by atoms with Crippen LogP contribution in [-0.2, 0) is 0 Å². The van der Waals surface area contributed by atoms with Crippen molar-refractivity contribution in [2.75, 3.05) is 13.1 Å². The number of benzene rings is 2. The van der Waals surface area contributed by atoms with Gasteiger partial charge in [-0.15, -0.1) is 12.4 Å². The highest BCUT2D eigenvalue weighted by Crippen LogP contribution is 2.34. The number of hydrogen-bond acceptors (Lipinski definition) is 5. The molecule has 0 radical (unpaired) electrons. The lowest BCUT2D eigenvalue weighted by molar-refractivity contribution is -0.384. The monoisotopic (exact) mass is 427 g/mol. The Bertz CT molecular complexity index is 833. The van der Waals surface area contributed by atoms with Gasteiger partial charge in [0.15, 0.2) is 0 Å². The minimum atomic E-state index is -0.491. The molecule has 144 valence electrons. The SMILES string of the molecule is Cl.NC1CCCN(C(=O)c2cc([N+](=O)[O-])ccc2Sc2ccc(Cl)cc2)C1. The van der Waals surface area contributed by atoms with Gasteiger partial charge in [-0.2, -0.15) is 0 Å². The van der Waals surface area contributed by atoms with Gasteiger partial charge in [-0.3, -0.25) is 14.9 Å². The summed E-state index contributed by atoms with van der Waals surface area (Å²) in [6.07, 6.45) is 1.71. The van der Waals surface area contributed by atoms with Gasteiger partial charge in [0, 0.05) is 46.1 Å². The van der Waals surface area contributed by atoms with E-state index in [0.29, 0.717) is 28.6 Å². The number of nitro benzene ring substituents is 1. The van der Waals surface area contributed by atoms with Crippen LogP contribution in [0.4, 0.5) is 5.69 Å². The summed E-state index contributed by atoms with van der Waals surface area (Å²) in [4.78, 5) is 26.9. The zero-order chi connectivity index (χ0) is 18.7. The molecule has 27 heavy (non-hydrogen) atoms. The van der Waals surface area contributed by atoms with Crippen molar-refractivity contribution in [3.63, 3.8) is 0 Å². The summed E-state index contributed by atoms with van der Waals surface area (Å²) in [5.41, 5.74) is 6.20.